The predicted octanol–water partition coefficient (Wildman–Crippen LogP) is 4.55. The molecule has 0 saturated carbocycles. The number of fused-ring (bicyclic) bond motifs is 1. The van der Waals surface area contributed by atoms with Crippen LogP contribution in [-0.4, -0.2) is 10.1 Å². The second kappa shape index (κ2) is 6.19. The molecule has 2 heteroatoms. The van der Waals surface area contributed by atoms with E-state index in [1.54, 1.807) is 6.20 Å². The zero-order chi connectivity index (χ0) is 13.8. The molecule has 1 aromatic carbocycles. The van der Waals surface area contributed by atoms with Crippen LogP contribution >= 0.6 is 0 Å². The summed E-state index contributed by atoms with van der Waals surface area (Å²) in [5.74, 6) is 0. The van der Waals surface area contributed by atoms with Gasteiger partial charge in [0.15, 0.2) is 0 Å². The molecule has 3 rings (SSSR count). The molecule has 0 aliphatic heterocycles. The van der Waals surface area contributed by atoms with Gasteiger partial charge >= 0.3 is 0 Å². The van der Waals surface area contributed by atoms with E-state index in [0.29, 0.717) is 0 Å². The van der Waals surface area contributed by atoms with Crippen molar-refractivity contribution in [2.24, 2.45) is 0 Å². The second-order valence-electron chi connectivity index (χ2n) is 5.56. The van der Waals surface area contributed by atoms with Crippen LogP contribution in [0.1, 0.15) is 50.2 Å². The van der Waals surface area contributed by atoms with Gasteiger partial charge in [-0.25, -0.2) is 0 Å². The van der Waals surface area contributed by atoms with Crippen molar-refractivity contribution in [3.8, 4) is 0 Å². The molecule has 1 aliphatic carbocycles. The fourth-order valence-corrected chi connectivity index (χ4v) is 3.01. The molecule has 20 heavy (non-hydrogen) atoms. The van der Waals surface area contributed by atoms with E-state index in [1.807, 2.05) is 30.3 Å². The molecule has 0 bridgehead atoms. The summed E-state index contributed by atoms with van der Waals surface area (Å²) in [6, 6.07) is 10.0. The number of hydrogen-bond donors (Lipinski definition) is 1. The van der Waals surface area contributed by atoms with Gasteiger partial charge in [-0.05, 0) is 37.3 Å². The van der Waals surface area contributed by atoms with Gasteiger partial charge in [0, 0.05) is 17.1 Å². The highest BCUT2D eigenvalue weighted by Crippen LogP contribution is 2.31. The van der Waals surface area contributed by atoms with Gasteiger partial charge in [0.1, 0.15) is 6.10 Å². The Morgan fingerprint density at radius 2 is 1.85 bits per heavy atom. The van der Waals surface area contributed by atoms with Crippen LogP contribution in [0, 0.1) is 0 Å². The number of allylic oxidation sites excluding steroid dienone is 1. The normalized spacial score (nSPS) is 20.8. The number of rotatable bonds is 2. The van der Waals surface area contributed by atoms with Crippen LogP contribution < -0.4 is 0 Å². The van der Waals surface area contributed by atoms with E-state index < -0.39 is 6.10 Å². The van der Waals surface area contributed by atoms with E-state index in [9.17, 15) is 5.11 Å². The number of para-hydroxylation sites is 1. The third kappa shape index (κ3) is 2.75. The summed E-state index contributed by atoms with van der Waals surface area (Å²) in [6.07, 6.45) is 10.6. The molecule has 1 aliphatic rings. The topological polar surface area (TPSA) is 33.1 Å². The smallest absolute Gasteiger partial charge is 0.102 e. The lowest BCUT2D eigenvalue weighted by molar-refractivity contribution is 0.210. The maximum absolute atomic E-state index is 10.8. The first kappa shape index (κ1) is 13.3. The van der Waals surface area contributed by atoms with E-state index in [0.717, 1.165) is 29.3 Å². The predicted molar refractivity (Wildman–Crippen MR) is 82.5 cm³/mol. The molecule has 2 aromatic rings. The standard InChI is InChI=1S/C18H21NO/c20-18(15-8-4-2-1-3-5-9-15)16-12-6-10-14-11-7-13-19-17(14)16/h6-8,10-13,18,20H,1-5,9H2/b15-8+. The Balaban J connectivity index is 1.97. The molecule has 0 radical (unpaired) electrons. The number of aromatic nitrogens is 1. The van der Waals surface area contributed by atoms with Crippen LogP contribution in [0.2, 0.25) is 0 Å². The highest BCUT2D eigenvalue weighted by molar-refractivity contribution is 5.82. The van der Waals surface area contributed by atoms with E-state index in [1.165, 1.54) is 31.3 Å². The van der Waals surface area contributed by atoms with Gasteiger partial charge in [0.2, 0.25) is 0 Å². The van der Waals surface area contributed by atoms with Gasteiger partial charge < -0.3 is 5.11 Å². The molecule has 1 N–H and O–H groups in total. The third-order valence-electron chi connectivity index (χ3n) is 4.14. The lowest BCUT2D eigenvalue weighted by atomic mass is 9.92. The lowest BCUT2D eigenvalue weighted by Crippen LogP contribution is -2.05. The van der Waals surface area contributed by atoms with E-state index >= 15 is 0 Å². The summed E-state index contributed by atoms with van der Waals surface area (Å²) in [6.45, 7) is 0. The largest absolute Gasteiger partial charge is 0.384 e. The van der Waals surface area contributed by atoms with Gasteiger partial charge in [0.05, 0.1) is 5.52 Å². The van der Waals surface area contributed by atoms with Crippen molar-refractivity contribution < 1.29 is 5.11 Å². The van der Waals surface area contributed by atoms with Gasteiger partial charge in [-0.2, -0.15) is 0 Å². The van der Waals surface area contributed by atoms with Crippen molar-refractivity contribution in [1.29, 1.82) is 0 Å². The highest BCUT2D eigenvalue weighted by Gasteiger charge is 2.17. The van der Waals surface area contributed by atoms with Gasteiger partial charge in [-0.1, -0.05) is 43.2 Å². The van der Waals surface area contributed by atoms with Crippen LogP contribution in [0.15, 0.2) is 48.2 Å². The molecular formula is C18H21NO. The van der Waals surface area contributed by atoms with Gasteiger partial charge in [0.25, 0.3) is 0 Å². The minimum atomic E-state index is -0.508. The number of benzene rings is 1. The highest BCUT2D eigenvalue weighted by atomic mass is 16.3. The van der Waals surface area contributed by atoms with Crippen LogP contribution in [0.3, 0.4) is 0 Å². The average molecular weight is 267 g/mol. The van der Waals surface area contributed by atoms with E-state index in [4.69, 9.17) is 0 Å². The van der Waals surface area contributed by atoms with Crippen LogP contribution in [0.25, 0.3) is 10.9 Å². The van der Waals surface area contributed by atoms with Gasteiger partial charge in [-0.15, -0.1) is 0 Å². The van der Waals surface area contributed by atoms with Crippen molar-refractivity contribution >= 4 is 10.9 Å². The minimum absolute atomic E-state index is 0.508. The first-order valence-electron chi connectivity index (χ1n) is 7.57. The van der Waals surface area contributed by atoms with Gasteiger partial charge in [-0.3, -0.25) is 4.98 Å². The Morgan fingerprint density at radius 1 is 1.00 bits per heavy atom. The quantitative estimate of drug-likeness (QED) is 0.810. The summed E-state index contributed by atoms with van der Waals surface area (Å²) in [7, 11) is 0. The van der Waals surface area contributed by atoms with E-state index in [2.05, 4.69) is 11.1 Å². The molecule has 0 fully saturated rings. The molecule has 1 unspecified atom stereocenters. The molecule has 1 aromatic heterocycles. The lowest BCUT2D eigenvalue weighted by Gasteiger charge is -2.19. The first-order chi connectivity index (χ1) is 9.86. The fraction of sp³-hybridized carbons (Fsp3) is 0.389. The molecule has 0 spiro atoms. The second-order valence-corrected chi connectivity index (χ2v) is 5.56. The summed E-state index contributed by atoms with van der Waals surface area (Å²) in [5, 5.41) is 11.8. The van der Waals surface area contributed by atoms with Crippen LogP contribution in [-0.2, 0) is 0 Å². The Hall–Kier alpha value is -1.67. The maximum atomic E-state index is 10.8. The molecule has 1 atom stereocenters. The Labute approximate surface area is 120 Å². The van der Waals surface area contributed by atoms with Crippen molar-refractivity contribution in [3.05, 3.63) is 53.7 Å². The average Bonchev–Trinajstić information content (AvgIpc) is 2.46. The molecule has 0 saturated heterocycles. The summed E-state index contributed by atoms with van der Waals surface area (Å²) < 4.78 is 0. The fourth-order valence-electron chi connectivity index (χ4n) is 3.01. The SMILES string of the molecule is OC(/C1=C/CCCCCC1)c1cccc2cccnc12. The van der Waals surface area contributed by atoms with Crippen LogP contribution in [0.4, 0.5) is 0 Å². The first-order valence-corrected chi connectivity index (χ1v) is 7.57. The number of aliphatic hydroxyl groups excluding tert-OH is 1. The minimum Gasteiger partial charge on any atom is -0.384 e. The Kier molecular flexibility index (Phi) is 4.12. The summed E-state index contributed by atoms with van der Waals surface area (Å²) in [5.41, 5.74) is 3.03. The number of pyridine rings is 1. The van der Waals surface area contributed by atoms with Crippen LogP contribution in [0.5, 0.6) is 0 Å². The summed E-state index contributed by atoms with van der Waals surface area (Å²) in [4.78, 5) is 4.45. The van der Waals surface area contributed by atoms with Crippen molar-refractivity contribution in [1.82, 2.24) is 4.98 Å². The van der Waals surface area contributed by atoms with Crippen molar-refractivity contribution in [3.63, 3.8) is 0 Å². The molecule has 104 valence electrons. The number of aliphatic hydroxyl groups is 1. The molecule has 1 heterocycles. The van der Waals surface area contributed by atoms with Crippen molar-refractivity contribution in [2.45, 2.75) is 44.6 Å². The zero-order valence-electron chi connectivity index (χ0n) is 11.8. The van der Waals surface area contributed by atoms with Crippen molar-refractivity contribution in [2.75, 3.05) is 0 Å². The molecular weight excluding hydrogens is 246 g/mol. The monoisotopic (exact) mass is 267 g/mol. The number of nitrogens with zero attached hydrogens (tertiary/aromatic N) is 1. The number of hydrogen-bond acceptors (Lipinski definition) is 2. The van der Waals surface area contributed by atoms with E-state index in [-0.39, 0.29) is 0 Å². The maximum Gasteiger partial charge on any atom is 0.102 e. The zero-order valence-corrected chi connectivity index (χ0v) is 11.8. The molecule has 2 nitrogen and oxygen atoms in total. The molecule has 0 amide bonds. The Morgan fingerprint density at radius 3 is 2.80 bits per heavy atom. The summed E-state index contributed by atoms with van der Waals surface area (Å²) >= 11 is 0. The Bertz CT molecular complexity index is 612. The third-order valence-corrected chi connectivity index (χ3v) is 4.14.